The highest BCUT2D eigenvalue weighted by Crippen LogP contribution is 2.27. The molecule has 1 saturated heterocycles. The van der Waals surface area contributed by atoms with Gasteiger partial charge in [-0.25, -0.2) is 0 Å². The molecule has 2 aromatic rings. The van der Waals surface area contributed by atoms with Crippen LogP contribution < -0.4 is 10.2 Å². The predicted octanol–water partition coefficient (Wildman–Crippen LogP) is 2.05. The standard InChI is InChI=1S/C16H21N3O/c1-2-17-11-13-12-20-10-9-19(13)16-7-8-18-15-6-4-3-5-14(15)16/h3-8,13,17H,2,9-12H2,1H3. The molecule has 0 bridgehead atoms. The highest BCUT2D eigenvalue weighted by atomic mass is 16.5. The Balaban J connectivity index is 1.95. The van der Waals surface area contributed by atoms with E-state index < -0.39 is 0 Å². The quantitative estimate of drug-likeness (QED) is 0.923. The number of hydrogen-bond donors (Lipinski definition) is 1. The lowest BCUT2D eigenvalue weighted by Gasteiger charge is -2.38. The Bertz CT molecular complexity index is 567. The van der Waals surface area contributed by atoms with Crippen LogP contribution in [0.5, 0.6) is 0 Å². The first kappa shape index (κ1) is 13.3. The van der Waals surface area contributed by atoms with Gasteiger partial charge < -0.3 is 15.0 Å². The van der Waals surface area contributed by atoms with Gasteiger partial charge >= 0.3 is 0 Å². The van der Waals surface area contributed by atoms with Gasteiger partial charge in [0.15, 0.2) is 0 Å². The van der Waals surface area contributed by atoms with Gasteiger partial charge in [0.05, 0.1) is 24.8 Å². The molecule has 0 aliphatic carbocycles. The van der Waals surface area contributed by atoms with E-state index in [1.807, 2.05) is 12.3 Å². The van der Waals surface area contributed by atoms with Crippen LogP contribution in [0, 0.1) is 0 Å². The Morgan fingerprint density at radius 1 is 1.35 bits per heavy atom. The molecule has 0 radical (unpaired) electrons. The van der Waals surface area contributed by atoms with Crippen molar-refractivity contribution in [3.63, 3.8) is 0 Å². The summed E-state index contributed by atoms with van der Waals surface area (Å²) in [6.45, 7) is 6.58. The number of anilines is 1. The Kier molecular flexibility index (Phi) is 4.14. The monoisotopic (exact) mass is 271 g/mol. The third-order valence-corrected chi connectivity index (χ3v) is 3.79. The largest absolute Gasteiger partial charge is 0.377 e. The number of nitrogens with one attached hydrogen (secondary N) is 1. The molecule has 0 amide bonds. The van der Waals surface area contributed by atoms with E-state index in [0.29, 0.717) is 6.04 Å². The second kappa shape index (κ2) is 6.20. The van der Waals surface area contributed by atoms with Crippen LogP contribution in [0.3, 0.4) is 0 Å². The molecule has 1 fully saturated rings. The number of fused-ring (bicyclic) bond motifs is 1. The van der Waals surface area contributed by atoms with Crippen molar-refractivity contribution in [2.75, 3.05) is 37.7 Å². The van der Waals surface area contributed by atoms with Crippen molar-refractivity contribution in [1.82, 2.24) is 10.3 Å². The fraction of sp³-hybridized carbons (Fsp3) is 0.438. The first-order chi connectivity index (χ1) is 9.90. The summed E-state index contributed by atoms with van der Waals surface area (Å²) >= 11 is 0. The number of nitrogens with zero attached hydrogens (tertiary/aromatic N) is 2. The van der Waals surface area contributed by atoms with E-state index in [-0.39, 0.29) is 0 Å². The van der Waals surface area contributed by atoms with Gasteiger partial charge in [0.25, 0.3) is 0 Å². The number of para-hydroxylation sites is 1. The SMILES string of the molecule is CCNCC1COCCN1c1ccnc2ccccc12. The zero-order valence-corrected chi connectivity index (χ0v) is 11.9. The van der Waals surface area contributed by atoms with E-state index in [2.05, 4.69) is 46.4 Å². The van der Waals surface area contributed by atoms with Crippen LogP contribution in [0.1, 0.15) is 6.92 Å². The molecule has 0 saturated carbocycles. The molecule has 0 spiro atoms. The minimum Gasteiger partial charge on any atom is -0.377 e. The smallest absolute Gasteiger partial charge is 0.0722 e. The highest BCUT2D eigenvalue weighted by molar-refractivity contribution is 5.91. The van der Waals surface area contributed by atoms with Crippen molar-refractivity contribution >= 4 is 16.6 Å². The molecule has 4 nitrogen and oxygen atoms in total. The molecule has 20 heavy (non-hydrogen) atoms. The number of benzene rings is 1. The summed E-state index contributed by atoms with van der Waals surface area (Å²) in [5, 5.41) is 4.65. The summed E-state index contributed by atoms with van der Waals surface area (Å²) in [4.78, 5) is 6.90. The molecular weight excluding hydrogens is 250 g/mol. The van der Waals surface area contributed by atoms with Gasteiger partial charge in [0.1, 0.15) is 0 Å². The minimum absolute atomic E-state index is 0.384. The van der Waals surface area contributed by atoms with Crippen LogP contribution in [0.4, 0.5) is 5.69 Å². The molecule has 1 aliphatic heterocycles. The molecule has 1 aromatic carbocycles. The van der Waals surface area contributed by atoms with Crippen LogP contribution in [0.15, 0.2) is 36.5 Å². The lowest BCUT2D eigenvalue weighted by molar-refractivity contribution is 0.0941. The van der Waals surface area contributed by atoms with Crippen LogP contribution in [0.2, 0.25) is 0 Å². The second-order valence-corrected chi connectivity index (χ2v) is 5.08. The Labute approximate surface area is 119 Å². The van der Waals surface area contributed by atoms with Gasteiger partial charge in [-0.3, -0.25) is 4.98 Å². The summed E-state index contributed by atoms with van der Waals surface area (Å²) in [5.41, 5.74) is 2.32. The highest BCUT2D eigenvalue weighted by Gasteiger charge is 2.24. The number of pyridine rings is 1. The van der Waals surface area contributed by atoms with Crippen molar-refractivity contribution in [3.05, 3.63) is 36.5 Å². The Hall–Kier alpha value is -1.65. The number of likely N-dealkylation sites (N-methyl/N-ethyl adjacent to an activating group) is 1. The average Bonchev–Trinajstić information content (AvgIpc) is 2.53. The van der Waals surface area contributed by atoms with Gasteiger partial charge in [0, 0.05) is 30.4 Å². The molecule has 2 heterocycles. The third kappa shape index (κ3) is 2.62. The van der Waals surface area contributed by atoms with Gasteiger partial charge in [-0.05, 0) is 18.7 Å². The van der Waals surface area contributed by atoms with Crippen LogP contribution in [0.25, 0.3) is 10.9 Å². The fourth-order valence-electron chi connectivity index (χ4n) is 2.78. The van der Waals surface area contributed by atoms with E-state index in [1.165, 1.54) is 11.1 Å². The first-order valence-corrected chi connectivity index (χ1v) is 7.29. The normalized spacial score (nSPS) is 19.4. The van der Waals surface area contributed by atoms with Crippen LogP contribution in [-0.2, 0) is 4.74 Å². The van der Waals surface area contributed by atoms with Crippen molar-refractivity contribution in [3.8, 4) is 0 Å². The van der Waals surface area contributed by atoms with Crippen molar-refractivity contribution in [1.29, 1.82) is 0 Å². The summed E-state index contributed by atoms with van der Waals surface area (Å²) in [6.07, 6.45) is 1.90. The summed E-state index contributed by atoms with van der Waals surface area (Å²) in [7, 11) is 0. The average molecular weight is 271 g/mol. The lowest BCUT2D eigenvalue weighted by Crippen LogP contribution is -2.50. The predicted molar refractivity (Wildman–Crippen MR) is 82.2 cm³/mol. The number of morpholine rings is 1. The Morgan fingerprint density at radius 2 is 2.25 bits per heavy atom. The van der Waals surface area contributed by atoms with Gasteiger partial charge in [-0.2, -0.15) is 0 Å². The van der Waals surface area contributed by atoms with Gasteiger partial charge in [-0.1, -0.05) is 25.1 Å². The molecule has 4 heteroatoms. The number of hydrogen-bond acceptors (Lipinski definition) is 4. The molecule has 3 rings (SSSR count). The summed E-state index contributed by atoms with van der Waals surface area (Å²) < 4.78 is 5.65. The zero-order valence-electron chi connectivity index (χ0n) is 11.9. The number of aromatic nitrogens is 1. The second-order valence-electron chi connectivity index (χ2n) is 5.08. The lowest BCUT2D eigenvalue weighted by atomic mass is 10.1. The van der Waals surface area contributed by atoms with E-state index in [0.717, 1.165) is 38.4 Å². The zero-order chi connectivity index (χ0) is 13.8. The molecule has 1 N–H and O–H groups in total. The molecule has 1 unspecified atom stereocenters. The molecule has 1 aromatic heterocycles. The first-order valence-electron chi connectivity index (χ1n) is 7.29. The van der Waals surface area contributed by atoms with Crippen molar-refractivity contribution in [2.24, 2.45) is 0 Å². The summed E-state index contributed by atoms with van der Waals surface area (Å²) in [6, 6.07) is 10.8. The van der Waals surface area contributed by atoms with Crippen LogP contribution in [-0.4, -0.2) is 43.9 Å². The molecular formula is C16H21N3O. The third-order valence-electron chi connectivity index (χ3n) is 3.79. The van der Waals surface area contributed by atoms with Crippen molar-refractivity contribution in [2.45, 2.75) is 13.0 Å². The maximum absolute atomic E-state index is 5.65. The number of rotatable bonds is 4. The van der Waals surface area contributed by atoms with Gasteiger partial charge in [0.2, 0.25) is 0 Å². The van der Waals surface area contributed by atoms with E-state index in [9.17, 15) is 0 Å². The summed E-state index contributed by atoms with van der Waals surface area (Å²) in [5.74, 6) is 0. The molecule has 1 atom stereocenters. The van der Waals surface area contributed by atoms with Gasteiger partial charge in [-0.15, -0.1) is 0 Å². The molecule has 106 valence electrons. The molecule has 1 aliphatic rings. The van der Waals surface area contributed by atoms with E-state index in [4.69, 9.17) is 4.74 Å². The van der Waals surface area contributed by atoms with Crippen molar-refractivity contribution < 1.29 is 4.74 Å². The van der Waals surface area contributed by atoms with Crippen LogP contribution >= 0.6 is 0 Å². The minimum atomic E-state index is 0.384. The maximum Gasteiger partial charge on any atom is 0.0722 e. The van der Waals surface area contributed by atoms with E-state index in [1.54, 1.807) is 0 Å². The Morgan fingerprint density at radius 3 is 3.15 bits per heavy atom. The topological polar surface area (TPSA) is 37.4 Å². The maximum atomic E-state index is 5.65. The fourth-order valence-corrected chi connectivity index (χ4v) is 2.78. The number of ether oxygens (including phenoxy) is 1. The van der Waals surface area contributed by atoms with E-state index >= 15 is 0 Å².